The number of aliphatic hydroxyl groups excluding tert-OH is 2. The van der Waals surface area contributed by atoms with Crippen LogP contribution in [0.25, 0.3) is 0 Å². The maximum absolute atomic E-state index is 9.22. The number of thiocarbonyl (C=S) groups is 1. The van der Waals surface area contributed by atoms with Crippen LogP contribution >= 0.6 is 12.2 Å². The Morgan fingerprint density at radius 1 is 0.826 bits per heavy atom. The Labute approximate surface area is 149 Å². The Kier molecular flexibility index (Phi) is 18.0. The maximum Gasteiger partial charge on any atom is 0.0942 e. The van der Waals surface area contributed by atoms with E-state index >= 15 is 0 Å². The Hall–Kier alpha value is -0.190. The lowest BCUT2D eigenvalue weighted by atomic mass is 10.0. The molecule has 0 rings (SSSR count). The van der Waals surface area contributed by atoms with Crippen molar-refractivity contribution in [2.45, 2.75) is 103 Å². The van der Waals surface area contributed by atoms with Crippen molar-refractivity contribution in [1.29, 1.82) is 0 Å². The van der Waals surface area contributed by atoms with Gasteiger partial charge in [0.2, 0.25) is 0 Å². The lowest BCUT2D eigenvalue weighted by Crippen LogP contribution is -2.32. The van der Waals surface area contributed by atoms with Gasteiger partial charge >= 0.3 is 0 Å². The number of hydrogen-bond donors (Lipinski definition) is 3. The first kappa shape index (κ1) is 22.8. The molecule has 3 N–H and O–H groups in total. The first-order valence-corrected chi connectivity index (χ1v) is 10.2. The first-order chi connectivity index (χ1) is 11.2. The van der Waals surface area contributed by atoms with Crippen molar-refractivity contribution >= 4 is 17.2 Å². The molecule has 0 aliphatic carbocycles. The second-order valence-electron chi connectivity index (χ2n) is 6.63. The average molecular weight is 346 g/mol. The van der Waals surface area contributed by atoms with E-state index in [1.165, 1.54) is 77.0 Å². The lowest BCUT2D eigenvalue weighted by molar-refractivity contribution is 0.0982. The van der Waals surface area contributed by atoms with Gasteiger partial charge < -0.3 is 15.5 Å². The molecule has 0 bridgehead atoms. The SMILES string of the molecule is CCCCCCCCCCCCCCCC(=S)NCC(O)CO. The van der Waals surface area contributed by atoms with E-state index < -0.39 is 6.10 Å². The van der Waals surface area contributed by atoms with Gasteiger partial charge in [-0.1, -0.05) is 96.2 Å². The Bertz CT molecular complexity index is 262. The molecule has 23 heavy (non-hydrogen) atoms. The predicted molar refractivity (Wildman–Crippen MR) is 104 cm³/mol. The first-order valence-electron chi connectivity index (χ1n) is 9.76. The van der Waals surface area contributed by atoms with Crippen LogP contribution in [0, 0.1) is 0 Å². The summed E-state index contributed by atoms with van der Waals surface area (Å²) < 4.78 is 0. The van der Waals surface area contributed by atoms with Crippen LogP contribution in [-0.4, -0.2) is 34.5 Å². The van der Waals surface area contributed by atoms with Crippen molar-refractivity contribution in [3.05, 3.63) is 0 Å². The second kappa shape index (κ2) is 18.2. The summed E-state index contributed by atoms with van der Waals surface area (Å²) in [6.07, 6.45) is 17.8. The van der Waals surface area contributed by atoms with Crippen molar-refractivity contribution < 1.29 is 10.2 Å². The molecule has 0 fully saturated rings. The van der Waals surface area contributed by atoms with E-state index in [1.807, 2.05) is 0 Å². The zero-order valence-corrected chi connectivity index (χ0v) is 16.0. The van der Waals surface area contributed by atoms with Gasteiger partial charge in [-0.2, -0.15) is 0 Å². The summed E-state index contributed by atoms with van der Waals surface area (Å²) in [6.45, 7) is 2.41. The van der Waals surface area contributed by atoms with E-state index in [2.05, 4.69) is 12.2 Å². The van der Waals surface area contributed by atoms with Crippen molar-refractivity contribution in [3.63, 3.8) is 0 Å². The highest BCUT2D eigenvalue weighted by molar-refractivity contribution is 7.80. The van der Waals surface area contributed by atoms with Crippen molar-refractivity contribution in [2.24, 2.45) is 0 Å². The Balaban J connectivity index is 3.14. The van der Waals surface area contributed by atoms with Crippen molar-refractivity contribution in [2.75, 3.05) is 13.2 Å². The van der Waals surface area contributed by atoms with Gasteiger partial charge in [-0.3, -0.25) is 0 Å². The Morgan fingerprint density at radius 3 is 1.70 bits per heavy atom. The fourth-order valence-electron chi connectivity index (χ4n) is 2.69. The molecule has 0 aromatic carbocycles. The molecule has 0 amide bonds. The van der Waals surface area contributed by atoms with E-state index in [9.17, 15) is 5.11 Å². The second-order valence-corrected chi connectivity index (χ2v) is 7.13. The number of rotatable bonds is 17. The number of nitrogens with one attached hydrogen (secondary N) is 1. The topological polar surface area (TPSA) is 52.5 Å². The molecule has 0 aromatic rings. The summed E-state index contributed by atoms with van der Waals surface area (Å²) >= 11 is 5.20. The molecule has 1 atom stereocenters. The molecular weight excluding hydrogens is 306 g/mol. The predicted octanol–water partition coefficient (Wildman–Crippen LogP) is 4.74. The van der Waals surface area contributed by atoms with Gasteiger partial charge in [0.1, 0.15) is 0 Å². The number of aliphatic hydroxyl groups is 2. The van der Waals surface area contributed by atoms with Gasteiger partial charge in [-0.25, -0.2) is 0 Å². The van der Waals surface area contributed by atoms with Crippen LogP contribution < -0.4 is 5.32 Å². The average Bonchev–Trinajstić information content (AvgIpc) is 2.56. The number of hydrogen-bond acceptors (Lipinski definition) is 3. The van der Waals surface area contributed by atoms with Crippen LogP contribution in [-0.2, 0) is 0 Å². The molecule has 3 nitrogen and oxygen atoms in total. The Morgan fingerprint density at radius 2 is 1.26 bits per heavy atom. The van der Waals surface area contributed by atoms with Gasteiger partial charge in [-0.15, -0.1) is 0 Å². The van der Waals surface area contributed by atoms with Gasteiger partial charge in [0.25, 0.3) is 0 Å². The molecule has 0 spiro atoms. The van der Waals surface area contributed by atoms with Crippen molar-refractivity contribution in [3.8, 4) is 0 Å². The van der Waals surface area contributed by atoms with Crippen molar-refractivity contribution in [1.82, 2.24) is 5.32 Å². The van der Waals surface area contributed by atoms with Gasteiger partial charge in [0.05, 0.1) is 17.7 Å². The highest BCUT2D eigenvalue weighted by Crippen LogP contribution is 2.12. The van der Waals surface area contributed by atoms with E-state index in [4.69, 9.17) is 17.3 Å². The molecule has 138 valence electrons. The molecule has 0 aromatic heterocycles. The fraction of sp³-hybridized carbons (Fsp3) is 0.947. The third-order valence-corrected chi connectivity index (χ3v) is 4.60. The van der Waals surface area contributed by atoms with Gasteiger partial charge in [0.15, 0.2) is 0 Å². The molecule has 0 heterocycles. The van der Waals surface area contributed by atoms with Crippen LogP contribution in [0.1, 0.15) is 96.8 Å². The lowest BCUT2D eigenvalue weighted by Gasteiger charge is -2.10. The molecule has 0 saturated carbocycles. The zero-order chi connectivity index (χ0) is 17.2. The highest BCUT2D eigenvalue weighted by Gasteiger charge is 2.02. The summed E-state index contributed by atoms with van der Waals surface area (Å²) in [5, 5.41) is 20.9. The van der Waals surface area contributed by atoms with E-state index in [-0.39, 0.29) is 6.61 Å². The summed E-state index contributed by atoms with van der Waals surface area (Å²) in [7, 11) is 0. The van der Waals surface area contributed by atoms with E-state index in [1.54, 1.807) is 0 Å². The smallest absolute Gasteiger partial charge is 0.0942 e. The van der Waals surface area contributed by atoms with Crippen LogP contribution in [0.3, 0.4) is 0 Å². The molecule has 4 heteroatoms. The standard InChI is InChI=1S/C19H39NO2S/c1-2-3-4-5-6-7-8-9-10-11-12-13-14-15-19(23)20-16-18(22)17-21/h18,21-22H,2-17H2,1H3,(H,20,23). The summed E-state index contributed by atoms with van der Waals surface area (Å²) in [5.41, 5.74) is 0. The minimum Gasteiger partial charge on any atom is -0.394 e. The minimum atomic E-state index is -0.709. The molecule has 0 aliphatic rings. The fourth-order valence-corrected chi connectivity index (χ4v) is 2.92. The van der Waals surface area contributed by atoms with Gasteiger partial charge in [0, 0.05) is 6.54 Å². The highest BCUT2D eigenvalue weighted by atomic mass is 32.1. The summed E-state index contributed by atoms with van der Waals surface area (Å²) in [6, 6.07) is 0. The van der Waals surface area contributed by atoms with Crippen LogP contribution in [0.15, 0.2) is 0 Å². The third kappa shape index (κ3) is 18.0. The third-order valence-electron chi connectivity index (χ3n) is 4.25. The minimum absolute atomic E-state index is 0.214. The zero-order valence-electron chi connectivity index (χ0n) is 15.2. The maximum atomic E-state index is 9.22. The largest absolute Gasteiger partial charge is 0.394 e. The monoisotopic (exact) mass is 345 g/mol. The molecule has 0 radical (unpaired) electrons. The molecule has 0 saturated heterocycles. The van der Waals surface area contributed by atoms with E-state index in [0.29, 0.717) is 6.54 Å². The van der Waals surface area contributed by atoms with Crippen LogP contribution in [0.2, 0.25) is 0 Å². The summed E-state index contributed by atoms with van der Waals surface area (Å²) in [5.74, 6) is 0. The molecule has 0 aliphatic heterocycles. The molecular formula is C19H39NO2S. The van der Waals surface area contributed by atoms with Gasteiger partial charge in [-0.05, 0) is 12.8 Å². The number of unbranched alkanes of at least 4 members (excludes halogenated alkanes) is 12. The quantitative estimate of drug-likeness (QED) is 0.263. The van der Waals surface area contributed by atoms with Crippen LogP contribution in [0.5, 0.6) is 0 Å². The summed E-state index contributed by atoms with van der Waals surface area (Å²) in [4.78, 5) is 0.806. The van der Waals surface area contributed by atoms with E-state index in [0.717, 1.165) is 17.8 Å². The van der Waals surface area contributed by atoms with Crippen LogP contribution in [0.4, 0.5) is 0 Å². The molecule has 1 unspecified atom stereocenters. The normalized spacial score (nSPS) is 12.3.